The lowest BCUT2D eigenvalue weighted by Crippen LogP contribution is -2.09. The fourth-order valence-corrected chi connectivity index (χ4v) is 1.64. The summed E-state index contributed by atoms with van der Waals surface area (Å²) in [5.74, 6) is 1.76. The van der Waals surface area contributed by atoms with E-state index in [4.69, 9.17) is 0 Å². The highest BCUT2D eigenvalue weighted by molar-refractivity contribution is 9.10. The molecule has 84 valence electrons. The first-order valence-electron chi connectivity index (χ1n) is 5.05. The number of aryl methyl sites for hydroxylation is 1. The molecule has 4 nitrogen and oxygen atoms in total. The largest absolute Gasteiger partial charge is 0.360 e. The molecular weight excluding hydrogens is 268 g/mol. The van der Waals surface area contributed by atoms with Crippen molar-refractivity contribution in [3.63, 3.8) is 0 Å². The van der Waals surface area contributed by atoms with Crippen molar-refractivity contribution in [2.75, 3.05) is 5.32 Å². The third kappa shape index (κ3) is 2.41. The van der Waals surface area contributed by atoms with Crippen molar-refractivity contribution in [1.29, 1.82) is 0 Å². The van der Waals surface area contributed by atoms with Crippen LogP contribution in [0.5, 0.6) is 0 Å². The summed E-state index contributed by atoms with van der Waals surface area (Å²) in [4.78, 5) is 11.6. The molecule has 0 bridgehead atoms. The van der Waals surface area contributed by atoms with Crippen LogP contribution in [0.2, 0.25) is 0 Å². The minimum atomic E-state index is 0.114. The predicted octanol–water partition coefficient (Wildman–Crippen LogP) is 3.05. The maximum atomic E-state index is 4.29. The lowest BCUT2D eigenvalue weighted by atomic mass is 10.2. The molecule has 0 fully saturated rings. The van der Waals surface area contributed by atoms with Crippen molar-refractivity contribution in [1.82, 2.24) is 15.0 Å². The molecule has 0 saturated carbocycles. The molecule has 0 aliphatic heterocycles. The van der Waals surface area contributed by atoms with Gasteiger partial charge in [0.2, 0.25) is 0 Å². The maximum Gasteiger partial charge on any atom is 0.128 e. The van der Waals surface area contributed by atoms with Crippen molar-refractivity contribution >= 4 is 21.7 Å². The molecule has 0 aliphatic rings. The van der Waals surface area contributed by atoms with Gasteiger partial charge in [0.15, 0.2) is 0 Å². The average molecular weight is 281 g/mol. The topological polar surface area (TPSA) is 53.6 Å². The van der Waals surface area contributed by atoms with Crippen LogP contribution < -0.4 is 5.32 Å². The van der Waals surface area contributed by atoms with Gasteiger partial charge in [0.05, 0.1) is 6.04 Å². The predicted molar refractivity (Wildman–Crippen MR) is 67.3 cm³/mol. The highest BCUT2D eigenvalue weighted by Crippen LogP contribution is 2.20. The smallest absolute Gasteiger partial charge is 0.128 e. The van der Waals surface area contributed by atoms with Crippen LogP contribution in [-0.4, -0.2) is 15.0 Å². The molecule has 0 aliphatic carbocycles. The Balaban J connectivity index is 2.12. The second-order valence-corrected chi connectivity index (χ2v) is 4.51. The van der Waals surface area contributed by atoms with Crippen LogP contribution in [0.15, 0.2) is 29.1 Å². The van der Waals surface area contributed by atoms with E-state index < -0.39 is 0 Å². The zero-order valence-corrected chi connectivity index (χ0v) is 10.7. The van der Waals surface area contributed by atoms with E-state index in [2.05, 4.69) is 36.2 Å². The molecule has 0 amide bonds. The van der Waals surface area contributed by atoms with Gasteiger partial charge >= 0.3 is 0 Å². The van der Waals surface area contributed by atoms with Gasteiger partial charge in [-0.1, -0.05) is 0 Å². The lowest BCUT2D eigenvalue weighted by molar-refractivity contribution is 0.803. The zero-order valence-electron chi connectivity index (χ0n) is 9.16. The fraction of sp³-hybridized carbons (Fsp3) is 0.273. The van der Waals surface area contributed by atoms with Gasteiger partial charge in [0.1, 0.15) is 11.6 Å². The summed E-state index contributed by atoms with van der Waals surface area (Å²) in [7, 11) is 0. The van der Waals surface area contributed by atoms with E-state index in [1.165, 1.54) is 0 Å². The summed E-state index contributed by atoms with van der Waals surface area (Å²) in [6.07, 6.45) is 5.36. The Morgan fingerprint density at radius 1 is 1.44 bits per heavy atom. The number of pyridine rings is 1. The van der Waals surface area contributed by atoms with Gasteiger partial charge < -0.3 is 10.3 Å². The quantitative estimate of drug-likeness (QED) is 0.909. The second kappa shape index (κ2) is 4.65. The molecule has 0 saturated heterocycles. The summed E-state index contributed by atoms with van der Waals surface area (Å²) < 4.78 is 1.02. The maximum absolute atomic E-state index is 4.29. The first-order valence-corrected chi connectivity index (χ1v) is 5.84. The van der Waals surface area contributed by atoms with Crippen LogP contribution in [0.25, 0.3) is 0 Å². The molecule has 0 radical (unpaired) electrons. The molecule has 16 heavy (non-hydrogen) atoms. The summed E-state index contributed by atoms with van der Waals surface area (Å²) in [6, 6.07) is 2.12. The van der Waals surface area contributed by atoms with Gasteiger partial charge in [-0.25, -0.2) is 9.97 Å². The van der Waals surface area contributed by atoms with Crippen LogP contribution in [0.3, 0.4) is 0 Å². The standard InChI is InChI=1S/C11H13BrN4/c1-7-5-10(15-6-9(7)12)16-8(2)11-13-3-4-14-11/h3-6,8H,1-2H3,(H,13,14)(H,15,16). The highest BCUT2D eigenvalue weighted by Gasteiger charge is 2.08. The number of hydrogen-bond acceptors (Lipinski definition) is 3. The fourth-order valence-electron chi connectivity index (χ4n) is 1.42. The highest BCUT2D eigenvalue weighted by atomic mass is 79.9. The first-order chi connectivity index (χ1) is 7.66. The van der Waals surface area contributed by atoms with Crippen molar-refractivity contribution in [2.45, 2.75) is 19.9 Å². The number of H-pyrrole nitrogens is 1. The molecule has 2 aromatic heterocycles. The molecule has 1 unspecified atom stereocenters. The summed E-state index contributed by atoms with van der Waals surface area (Å²) >= 11 is 3.43. The monoisotopic (exact) mass is 280 g/mol. The SMILES string of the molecule is Cc1cc(NC(C)c2ncc[nH]2)ncc1Br. The van der Waals surface area contributed by atoms with Crippen LogP contribution in [0.1, 0.15) is 24.4 Å². The van der Waals surface area contributed by atoms with E-state index >= 15 is 0 Å². The third-order valence-electron chi connectivity index (χ3n) is 2.34. The van der Waals surface area contributed by atoms with E-state index in [1.807, 2.05) is 26.1 Å². The zero-order chi connectivity index (χ0) is 11.5. The van der Waals surface area contributed by atoms with E-state index in [0.717, 1.165) is 21.7 Å². The van der Waals surface area contributed by atoms with Crippen LogP contribution in [0, 0.1) is 6.92 Å². The molecule has 0 spiro atoms. The van der Waals surface area contributed by atoms with Gasteiger partial charge in [-0.3, -0.25) is 0 Å². The van der Waals surface area contributed by atoms with Gasteiger partial charge in [-0.2, -0.15) is 0 Å². The van der Waals surface area contributed by atoms with Gasteiger partial charge in [-0.05, 0) is 41.4 Å². The number of anilines is 1. The van der Waals surface area contributed by atoms with Gasteiger partial charge in [0.25, 0.3) is 0 Å². The van der Waals surface area contributed by atoms with Crippen molar-refractivity contribution in [2.24, 2.45) is 0 Å². The first kappa shape index (κ1) is 11.1. The summed E-state index contributed by atoms with van der Waals surface area (Å²) in [6.45, 7) is 4.08. The Kier molecular flexibility index (Phi) is 3.24. The molecule has 2 heterocycles. The number of aromatic amines is 1. The number of aromatic nitrogens is 3. The molecule has 5 heteroatoms. The second-order valence-electron chi connectivity index (χ2n) is 3.66. The summed E-state index contributed by atoms with van der Waals surface area (Å²) in [5, 5.41) is 3.29. The molecule has 0 aromatic carbocycles. The van der Waals surface area contributed by atoms with Gasteiger partial charge in [0, 0.05) is 23.1 Å². The number of imidazole rings is 1. The molecule has 1 atom stereocenters. The Labute approximate surface area is 103 Å². The van der Waals surface area contributed by atoms with E-state index in [9.17, 15) is 0 Å². The average Bonchev–Trinajstić information content (AvgIpc) is 2.77. The molecule has 2 aromatic rings. The Bertz CT molecular complexity index is 467. The van der Waals surface area contributed by atoms with Crippen molar-refractivity contribution in [3.05, 3.63) is 40.5 Å². The van der Waals surface area contributed by atoms with E-state index in [1.54, 1.807) is 12.4 Å². The third-order valence-corrected chi connectivity index (χ3v) is 3.17. The Morgan fingerprint density at radius 2 is 2.25 bits per heavy atom. The van der Waals surface area contributed by atoms with Crippen LogP contribution in [0.4, 0.5) is 5.82 Å². The van der Waals surface area contributed by atoms with Gasteiger partial charge in [-0.15, -0.1) is 0 Å². The number of nitrogens with zero attached hydrogens (tertiary/aromatic N) is 2. The normalized spacial score (nSPS) is 12.4. The number of rotatable bonds is 3. The van der Waals surface area contributed by atoms with E-state index in [-0.39, 0.29) is 6.04 Å². The van der Waals surface area contributed by atoms with E-state index in [0.29, 0.717) is 0 Å². The minimum Gasteiger partial charge on any atom is -0.360 e. The lowest BCUT2D eigenvalue weighted by Gasteiger charge is -2.12. The Morgan fingerprint density at radius 3 is 2.88 bits per heavy atom. The van der Waals surface area contributed by atoms with Crippen LogP contribution in [-0.2, 0) is 0 Å². The Hall–Kier alpha value is -1.36. The minimum absolute atomic E-state index is 0.114. The molecular formula is C11H13BrN4. The number of hydrogen-bond donors (Lipinski definition) is 2. The number of halogens is 1. The van der Waals surface area contributed by atoms with Crippen molar-refractivity contribution in [3.8, 4) is 0 Å². The molecule has 2 rings (SSSR count). The summed E-state index contributed by atoms with van der Waals surface area (Å²) in [5.41, 5.74) is 1.16. The number of nitrogens with one attached hydrogen (secondary N) is 2. The van der Waals surface area contributed by atoms with Crippen molar-refractivity contribution < 1.29 is 0 Å². The molecule has 2 N–H and O–H groups in total. The van der Waals surface area contributed by atoms with Crippen LogP contribution >= 0.6 is 15.9 Å².